The second-order valence-corrected chi connectivity index (χ2v) is 8.65. The first-order valence-corrected chi connectivity index (χ1v) is 11.0. The quantitative estimate of drug-likeness (QED) is 0.626. The molecular formula is C25H29FN2O3. The SMILES string of the molecule is CCOc1cccc([C@@H]2c3[nH]c4ccccc4c3C[C@@H](C)N2CC2(F)COC2)c1OC. The molecular weight excluding hydrogens is 395 g/mol. The van der Waals surface area contributed by atoms with E-state index in [1.54, 1.807) is 7.11 Å². The smallest absolute Gasteiger partial charge is 0.169 e. The average molecular weight is 425 g/mol. The molecule has 2 aromatic carbocycles. The van der Waals surface area contributed by atoms with Gasteiger partial charge in [0.15, 0.2) is 17.2 Å². The largest absolute Gasteiger partial charge is 0.492 e. The third-order valence-corrected chi connectivity index (χ3v) is 6.51. The highest BCUT2D eigenvalue weighted by Gasteiger charge is 2.46. The highest BCUT2D eigenvalue weighted by molar-refractivity contribution is 5.85. The number of H-pyrrole nitrogens is 1. The fourth-order valence-corrected chi connectivity index (χ4v) is 5.07. The van der Waals surface area contributed by atoms with E-state index in [2.05, 4.69) is 41.1 Å². The third kappa shape index (κ3) is 3.38. The van der Waals surface area contributed by atoms with E-state index in [0.717, 1.165) is 23.2 Å². The maximum Gasteiger partial charge on any atom is 0.169 e. The molecule has 164 valence electrons. The van der Waals surface area contributed by atoms with E-state index in [4.69, 9.17) is 14.2 Å². The van der Waals surface area contributed by atoms with E-state index < -0.39 is 5.67 Å². The topological polar surface area (TPSA) is 46.7 Å². The van der Waals surface area contributed by atoms with Gasteiger partial charge in [-0.05, 0) is 38.0 Å². The number of hydrogen-bond acceptors (Lipinski definition) is 4. The molecule has 1 N–H and O–H groups in total. The van der Waals surface area contributed by atoms with Gasteiger partial charge < -0.3 is 19.2 Å². The number of alkyl halides is 1. The monoisotopic (exact) mass is 424 g/mol. The molecule has 0 amide bonds. The fourth-order valence-electron chi connectivity index (χ4n) is 5.07. The van der Waals surface area contributed by atoms with E-state index in [0.29, 0.717) is 24.7 Å². The number of methoxy groups -OCH3 is 1. The molecule has 1 fully saturated rings. The van der Waals surface area contributed by atoms with Gasteiger partial charge >= 0.3 is 0 Å². The Kier molecular flexibility index (Phi) is 5.15. The molecule has 0 spiro atoms. The molecule has 5 nitrogen and oxygen atoms in total. The Morgan fingerprint density at radius 1 is 1.19 bits per heavy atom. The van der Waals surface area contributed by atoms with Crippen molar-refractivity contribution < 1.29 is 18.6 Å². The summed E-state index contributed by atoms with van der Waals surface area (Å²) in [5.41, 5.74) is 3.17. The van der Waals surface area contributed by atoms with Crippen LogP contribution in [-0.2, 0) is 11.2 Å². The van der Waals surface area contributed by atoms with E-state index in [1.807, 2.05) is 25.1 Å². The minimum absolute atomic E-state index is 0.151. The molecule has 0 aliphatic carbocycles. The third-order valence-electron chi connectivity index (χ3n) is 6.51. The van der Waals surface area contributed by atoms with Crippen molar-refractivity contribution in [2.45, 2.75) is 38.0 Å². The molecule has 5 rings (SSSR count). The highest BCUT2D eigenvalue weighted by atomic mass is 19.1. The summed E-state index contributed by atoms with van der Waals surface area (Å²) in [6.07, 6.45) is 0.861. The molecule has 0 bridgehead atoms. The first-order chi connectivity index (χ1) is 15.0. The summed E-state index contributed by atoms with van der Waals surface area (Å²) in [7, 11) is 1.67. The molecule has 0 unspecified atom stereocenters. The van der Waals surface area contributed by atoms with Crippen LogP contribution in [0.2, 0.25) is 0 Å². The Bertz CT molecular complexity index is 1090. The van der Waals surface area contributed by atoms with Crippen molar-refractivity contribution in [3.8, 4) is 11.5 Å². The van der Waals surface area contributed by atoms with Crippen molar-refractivity contribution in [2.24, 2.45) is 0 Å². The van der Waals surface area contributed by atoms with Crippen LogP contribution in [0.1, 0.15) is 36.7 Å². The van der Waals surface area contributed by atoms with Crippen LogP contribution in [0, 0.1) is 0 Å². The van der Waals surface area contributed by atoms with E-state index in [1.165, 1.54) is 10.9 Å². The molecule has 31 heavy (non-hydrogen) atoms. The Balaban J connectivity index is 1.70. The van der Waals surface area contributed by atoms with Crippen LogP contribution in [-0.4, -0.2) is 55.1 Å². The Morgan fingerprint density at radius 2 is 2.00 bits per heavy atom. The number of aromatic amines is 1. The van der Waals surface area contributed by atoms with Gasteiger partial charge in [-0.25, -0.2) is 4.39 Å². The van der Waals surface area contributed by atoms with Crippen molar-refractivity contribution in [1.82, 2.24) is 9.88 Å². The predicted octanol–water partition coefficient (Wildman–Crippen LogP) is 4.65. The Morgan fingerprint density at radius 3 is 2.71 bits per heavy atom. The molecule has 1 saturated heterocycles. The predicted molar refractivity (Wildman–Crippen MR) is 119 cm³/mol. The molecule has 6 heteroatoms. The van der Waals surface area contributed by atoms with Crippen molar-refractivity contribution in [3.63, 3.8) is 0 Å². The van der Waals surface area contributed by atoms with Crippen LogP contribution in [0.25, 0.3) is 10.9 Å². The van der Waals surface area contributed by atoms with Crippen molar-refractivity contribution in [1.29, 1.82) is 0 Å². The summed E-state index contributed by atoms with van der Waals surface area (Å²) in [4.78, 5) is 5.91. The molecule has 0 saturated carbocycles. The van der Waals surface area contributed by atoms with Crippen LogP contribution in [0.3, 0.4) is 0 Å². The van der Waals surface area contributed by atoms with Crippen LogP contribution in [0.4, 0.5) is 4.39 Å². The molecule has 2 atom stereocenters. The zero-order valence-corrected chi connectivity index (χ0v) is 18.3. The second-order valence-electron chi connectivity index (χ2n) is 8.65. The minimum Gasteiger partial charge on any atom is -0.492 e. The summed E-state index contributed by atoms with van der Waals surface area (Å²) < 4.78 is 32.2. The first kappa shape index (κ1) is 20.3. The van der Waals surface area contributed by atoms with E-state index in [9.17, 15) is 0 Å². The number of fused-ring (bicyclic) bond motifs is 3. The zero-order chi connectivity index (χ0) is 21.6. The van der Waals surface area contributed by atoms with Crippen molar-refractivity contribution in [3.05, 3.63) is 59.3 Å². The van der Waals surface area contributed by atoms with Crippen molar-refractivity contribution >= 4 is 10.9 Å². The molecule has 1 aromatic heterocycles. The van der Waals surface area contributed by atoms with Gasteiger partial charge in [0.1, 0.15) is 0 Å². The number of hydrogen-bond donors (Lipinski definition) is 1. The molecule has 2 aliphatic rings. The number of rotatable bonds is 6. The van der Waals surface area contributed by atoms with Crippen LogP contribution in [0.5, 0.6) is 11.5 Å². The lowest BCUT2D eigenvalue weighted by molar-refractivity contribution is -0.147. The highest BCUT2D eigenvalue weighted by Crippen LogP contribution is 2.46. The number of para-hydroxylation sites is 2. The van der Waals surface area contributed by atoms with Gasteiger partial charge in [0.05, 0.1) is 33.0 Å². The molecule has 2 aliphatic heterocycles. The Hall–Kier alpha value is -2.57. The van der Waals surface area contributed by atoms with Gasteiger partial charge in [-0.3, -0.25) is 4.90 Å². The van der Waals surface area contributed by atoms with Crippen LogP contribution in [0.15, 0.2) is 42.5 Å². The van der Waals surface area contributed by atoms with Gasteiger partial charge in [-0.15, -0.1) is 0 Å². The summed E-state index contributed by atoms with van der Waals surface area (Å²) in [6, 6.07) is 14.3. The fraction of sp³-hybridized carbons (Fsp3) is 0.440. The number of aromatic nitrogens is 1. The molecule has 0 radical (unpaired) electrons. The van der Waals surface area contributed by atoms with Gasteiger partial charge in [0, 0.05) is 34.7 Å². The molecule has 3 aromatic rings. The number of ether oxygens (including phenoxy) is 3. The van der Waals surface area contributed by atoms with Gasteiger partial charge in [0.2, 0.25) is 0 Å². The molecule has 3 heterocycles. The maximum atomic E-state index is 15.3. The van der Waals surface area contributed by atoms with Gasteiger partial charge in [-0.2, -0.15) is 0 Å². The average Bonchev–Trinajstić information content (AvgIpc) is 3.11. The Labute approximate surface area is 182 Å². The van der Waals surface area contributed by atoms with Gasteiger partial charge in [0.25, 0.3) is 0 Å². The van der Waals surface area contributed by atoms with E-state index >= 15 is 4.39 Å². The van der Waals surface area contributed by atoms with Gasteiger partial charge in [-0.1, -0.05) is 30.3 Å². The zero-order valence-electron chi connectivity index (χ0n) is 18.3. The van der Waals surface area contributed by atoms with E-state index in [-0.39, 0.29) is 25.3 Å². The number of nitrogens with one attached hydrogen (secondary N) is 1. The van der Waals surface area contributed by atoms with Crippen LogP contribution >= 0.6 is 0 Å². The van der Waals surface area contributed by atoms with Crippen molar-refractivity contribution in [2.75, 3.05) is 33.5 Å². The van der Waals surface area contributed by atoms with Crippen LogP contribution < -0.4 is 9.47 Å². The summed E-state index contributed by atoms with van der Waals surface area (Å²) in [5.74, 6) is 1.41. The normalized spacial score (nSPS) is 22.7. The second kappa shape index (κ2) is 7.84. The standard InChI is InChI=1S/C25H29FN2O3/c1-4-31-21-11-7-9-18(24(21)29-3)23-22-19(17-8-5-6-10-20(17)27-22)12-16(2)28(23)13-25(26)14-30-15-25/h5-11,16,23,27H,4,12-15H2,1-3H3/t16-,23-/m1/s1. The maximum absolute atomic E-state index is 15.3. The lowest BCUT2D eigenvalue weighted by Gasteiger charge is -2.46. The summed E-state index contributed by atoms with van der Waals surface area (Å²) in [5, 5.41) is 1.23. The lowest BCUT2D eigenvalue weighted by atomic mass is 9.86. The minimum atomic E-state index is -1.32. The number of nitrogens with zero attached hydrogens (tertiary/aromatic N) is 1. The first-order valence-electron chi connectivity index (χ1n) is 11.0. The number of benzene rings is 2. The summed E-state index contributed by atoms with van der Waals surface area (Å²) >= 11 is 0. The number of halogens is 1. The summed E-state index contributed by atoms with van der Waals surface area (Å²) in [6.45, 7) is 5.31. The lowest BCUT2D eigenvalue weighted by Crippen LogP contribution is -2.57.